The monoisotopic (exact) mass is 192 g/mol. The lowest BCUT2D eigenvalue weighted by Crippen LogP contribution is -2.32. The summed E-state index contributed by atoms with van der Waals surface area (Å²) in [6.07, 6.45) is 4.25. The van der Waals surface area contributed by atoms with Crippen molar-refractivity contribution in [3.63, 3.8) is 0 Å². The molecule has 2 rings (SSSR count). The molecule has 1 fully saturated rings. The average Bonchev–Trinajstić information content (AvgIpc) is 2.17. The minimum atomic E-state index is 0.0197. The molecule has 1 unspecified atom stereocenters. The molecule has 1 heterocycles. The van der Waals surface area contributed by atoms with Crippen LogP contribution < -0.4 is 0 Å². The van der Waals surface area contributed by atoms with E-state index >= 15 is 0 Å². The summed E-state index contributed by atoms with van der Waals surface area (Å²) < 4.78 is 0. The highest BCUT2D eigenvalue weighted by Gasteiger charge is 2.31. The molecule has 0 aromatic carbocycles. The quantitative estimate of drug-likeness (QED) is 0.628. The van der Waals surface area contributed by atoms with Gasteiger partial charge in [0.05, 0.1) is 5.92 Å². The van der Waals surface area contributed by atoms with Gasteiger partial charge in [-0.25, -0.2) is 4.99 Å². The lowest BCUT2D eigenvalue weighted by Gasteiger charge is -2.25. The largest absolute Gasteiger partial charge is 0.272 e. The maximum Gasteiger partial charge on any atom is 0.256 e. The van der Waals surface area contributed by atoms with Gasteiger partial charge in [-0.2, -0.15) is 4.99 Å². The summed E-state index contributed by atoms with van der Waals surface area (Å²) in [4.78, 5) is 20.2. The van der Waals surface area contributed by atoms with Crippen molar-refractivity contribution in [2.75, 3.05) is 0 Å². The minimum Gasteiger partial charge on any atom is -0.272 e. The zero-order valence-corrected chi connectivity index (χ0v) is 8.79. The van der Waals surface area contributed by atoms with Gasteiger partial charge in [0.1, 0.15) is 5.84 Å². The second-order valence-electron chi connectivity index (χ2n) is 4.36. The van der Waals surface area contributed by atoms with Crippen molar-refractivity contribution in [3.05, 3.63) is 0 Å². The van der Waals surface area contributed by atoms with Crippen LogP contribution in [0.2, 0.25) is 0 Å². The normalized spacial score (nSPS) is 27.1. The number of hydrogen-bond donors (Lipinski definition) is 0. The molecule has 0 spiro atoms. The second kappa shape index (κ2) is 3.64. The first-order valence-electron chi connectivity index (χ1n) is 5.38. The van der Waals surface area contributed by atoms with E-state index in [-0.39, 0.29) is 17.7 Å². The van der Waals surface area contributed by atoms with Crippen LogP contribution in [-0.4, -0.2) is 17.5 Å². The lowest BCUT2D eigenvalue weighted by molar-refractivity contribution is -0.120. The van der Waals surface area contributed by atoms with Crippen LogP contribution >= 0.6 is 0 Å². The van der Waals surface area contributed by atoms with Crippen LogP contribution in [0, 0.1) is 11.8 Å². The fourth-order valence-electron chi connectivity index (χ4n) is 2.02. The van der Waals surface area contributed by atoms with Gasteiger partial charge in [0, 0.05) is 11.6 Å². The van der Waals surface area contributed by atoms with Crippen molar-refractivity contribution in [3.8, 4) is 0 Å². The minimum absolute atomic E-state index is 0.0197. The van der Waals surface area contributed by atoms with Crippen molar-refractivity contribution in [2.24, 2.45) is 21.8 Å². The fourth-order valence-corrected chi connectivity index (χ4v) is 2.02. The standard InChI is InChI=1S/C11H16N2O/c1-7(2)10-12-9-6-4-3-5-8(9)11(14)13-10/h7-8H,3-6H2,1-2H3. The van der Waals surface area contributed by atoms with Crippen molar-refractivity contribution in [1.82, 2.24) is 0 Å². The molecular weight excluding hydrogens is 176 g/mol. The third-order valence-electron chi connectivity index (χ3n) is 2.88. The van der Waals surface area contributed by atoms with E-state index in [4.69, 9.17) is 0 Å². The third kappa shape index (κ3) is 1.63. The number of carbonyl (C=O) groups excluding carboxylic acids is 1. The Hall–Kier alpha value is -0.990. The summed E-state index contributed by atoms with van der Waals surface area (Å²) in [6, 6.07) is 0. The Labute approximate surface area is 84.3 Å². The highest BCUT2D eigenvalue weighted by molar-refractivity contribution is 6.16. The summed E-state index contributed by atoms with van der Waals surface area (Å²) in [5, 5.41) is 0. The molecule has 0 aromatic rings. The van der Waals surface area contributed by atoms with Gasteiger partial charge in [-0.3, -0.25) is 4.79 Å². The van der Waals surface area contributed by atoms with Crippen LogP contribution in [0.5, 0.6) is 0 Å². The second-order valence-corrected chi connectivity index (χ2v) is 4.36. The van der Waals surface area contributed by atoms with Crippen molar-refractivity contribution in [1.29, 1.82) is 0 Å². The van der Waals surface area contributed by atoms with E-state index in [9.17, 15) is 4.79 Å². The van der Waals surface area contributed by atoms with E-state index in [0.29, 0.717) is 0 Å². The number of amides is 1. The summed E-state index contributed by atoms with van der Waals surface area (Å²) >= 11 is 0. The van der Waals surface area contributed by atoms with Gasteiger partial charge >= 0.3 is 0 Å². The number of hydrogen-bond acceptors (Lipinski definition) is 2. The number of fused-ring (bicyclic) bond motifs is 1. The molecule has 3 heteroatoms. The SMILES string of the molecule is CC(C)C1=NC(=O)C2CCCCC2=N1. The molecule has 3 nitrogen and oxygen atoms in total. The molecule has 2 aliphatic rings. The van der Waals surface area contributed by atoms with Gasteiger partial charge in [-0.15, -0.1) is 0 Å². The Kier molecular flexibility index (Phi) is 2.48. The Morgan fingerprint density at radius 1 is 1.29 bits per heavy atom. The van der Waals surface area contributed by atoms with Crippen molar-refractivity contribution >= 4 is 17.5 Å². The molecule has 1 amide bonds. The van der Waals surface area contributed by atoms with Crippen LogP contribution in [0.15, 0.2) is 9.98 Å². The summed E-state index contributed by atoms with van der Waals surface area (Å²) in [5.74, 6) is 1.04. The van der Waals surface area contributed by atoms with E-state index in [1.54, 1.807) is 0 Å². The molecule has 0 radical (unpaired) electrons. The highest BCUT2D eigenvalue weighted by atomic mass is 16.1. The van der Waals surface area contributed by atoms with E-state index in [1.165, 1.54) is 6.42 Å². The fraction of sp³-hybridized carbons (Fsp3) is 0.727. The molecule has 1 aliphatic carbocycles. The third-order valence-corrected chi connectivity index (χ3v) is 2.88. The first-order valence-corrected chi connectivity index (χ1v) is 5.38. The van der Waals surface area contributed by atoms with E-state index in [1.807, 2.05) is 13.8 Å². The Morgan fingerprint density at radius 3 is 2.79 bits per heavy atom. The maximum absolute atomic E-state index is 11.7. The highest BCUT2D eigenvalue weighted by Crippen LogP contribution is 2.26. The zero-order chi connectivity index (χ0) is 10.1. The number of rotatable bonds is 1. The van der Waals surface area contributed by atoms with Crippen LogP contribution in [0.3, 0.4) is 0 Å². The van der Waals surface area contributed by atoms with E-state index in [0.717, 1.165) is 30.8 Å². The molecule has 0 saturated heterocycles. The average molecular weight is 192 g/mol. The van der Waals surface area contributed by atoms with Gasteiger partial charge in [0.25, 0.3) is 5.91 Å². The van der Waals surface area contributed by atoms with Crippen LogP contribution in [0.4, 0.5) is 0 Å². The van der Waals surface area contributed by atoms with Crippen LogP contribution in [0.25, 0.3) is 0 Å². The van der Waals surface area contributed by atoms with Crippen LogP contribution in [-0.2, 0) is 4.79 Å². The maximum atomic E-state index is 11.7. The Morgan fingerprint density at radius 2 is 2.07 bits per heavy atom. The van der Waals surface area contributed by atoms with E-state index in [2.05, 4.69) is 9.98 Å². The van der Waals surface area contributed by atoms with Crippen molar-refractivity contribution < 1.29 is 4.79 Å². The Bertz CT molecular complexity index is 315. The smallest absolute Gasteiger partial charge is 0.256 e. The molecular formula is C11H16N2O. The number of carbonyl (C=O) groups is 1. The molecule has 1 atom stereocenters. The number of amidine groups is 1. The topological polar surface area (TPSA) is 41.8 Å². The molecule has 1 aliphatic heterocycles. The predicted octanol–water partition coefficient (Wildman–Crippen LogP) is 2.21. The zero-order valence-electron chi connectivity index (χ0n) is 8.79. The van der Waals surface area contributed by atoms with E-state index < -0.39 is 0 Å². The summed E-state index contributed by atoms with van der Waals surface area (Å²) in [6.45, 7) is 4.05. The first kappa shape index (κ1) is 9.56. The van der Waals surface area contributed by atoms with Gasteiger partial charge in [0.2, 0.25) is 0 Å². The predicted molar refractivity (Wildman–Crippen MR) is 56.7 cm³/mol. The number of nitrogens with zero attached hydrogens (tertiary/aromatic N) is 2. The Balaban J connectivity index is 2.27. The van der Waals surface area contributed by atoms with Gasteiger partial charge in [-0.1, -0.05) is 20.3 Å². The molecule has 0 bridgehead atoms. The summed E-state index contributed by atoms with van der Waals surface area (Å²) in [5.41, 5.74) is 1.08. The van der Waals surface area contributed by atoms with Gasteiger partial charge in [0.15, 0.2) is 0 Å². The van der Waals surface area contributed by atoms with Crippen LogP contribution in [0.1, 0.15) is 39.5 Å². The van der Waals surface area contributed by atoms with Gasteiger partial charge < -0.3 is 0 Å². The molecule has 0 N–H and O–H groups in total. The molecule has 14 heavy (non-hydrogen) atoms. The lowest BCUT2D eigenvalue weighted by atomic mass is 9.85. The van der Waals surface area contributed by atoms with Gasteiger partial charge in [-0.05, 0) is 19.3 Å². The molecule has 1 saturated carbocycles. The molecule has 0 aromatic heterocycles. The molecule has 76 valence electrons. The number of aliphatic imine (C=N–C) groups is 2. The van der Waals surface area contributed by atoms with Crippen molar-refractivity contribution in [2.45, 2.75) is 39.5 Å². The summed E-state index contributed by atoms with van der Waals surface area (Å²) in [7, 11) is 0. The first-order chi connectivity index (χ1) is 6.68.